The van der Waals surface area contributed by atoms with Gasteiger partial charge in [0.25, 0.3) is 0 Å². The molecule has 0 saturated carbocycles. The van der Waals surface area contributed by atoms with E-state index in [0.29, 0.717) is 12.1 Å². The Kier molecular flexibility index (Phi) is 4.29. The van der Waals surface area contributed by atoms with Crippen LogP contribution in [0.15, 0.2) is 59.2 Å². The van der Waals surface area contributed by atoms with Gasteiger partial charge in [0, 0.05) is 30.7 Å². The lowest BCUT2D eigenvalue weighted by molar-refractivity contribution is 0.0929. The number of fused-ring (bicyclic) bond motifs is 1. The molecule has 1 N–H and O–H groups in total. The fraction of sp³-hybridized carbons (Fsp3) is 0.167. The fourth-order valence-corrected chi connectivity index (χ4v) is 2.50. The van der Waals surface area contributed by atoms with E-state index in [1.807, 2.05) is 6.92 Å². The van der Waals surface area contributed by atoms with E-state index < -0.39 is 17.3 Å². The third kappa shape index (κ3) is 2.62. The first-order chi connectivity index (χ1) is 11.6. The largest absolute Gasteiger partial charge is 0.503 e. The second-order valence-corrected chi connectivity index (χ2v) is 5.25. The molecule has 1 aliphatic rings. The maximum absolute atomic E-state index is 12.8. The van der Waals surface area contributed by atoms with Crippen LogP contribution in [0.4, 0.5) is 0 Å². The molecule has 3 rings (SSSR count). The van der Waals surface area contributed by atoms with Crippen LogP contribution in [0, 0.1) is 0 Å². The van der Waals surface area contributed by atoms with Crippen LogP contribution in [0.1, 0.15) is 39.8 Å². The van der Waals surface area contributed by atoms with Gasteiger partial charge >= 0.3 is 0 Å². The molecule has 0 radical (unpaired) electrons. The van der Waals surface area contributed by atoms with Crippen molar-refractivity contribution >= 4 is 17.3 Å². The Labute approximate surface area is 138 Å². The highest BCUT2D eigenvalue weighted by Crippen LogP contribution is 2.26. The third-order valence-electron chi connectivity index (χ3n) is 3.61. The molecule has 2 aromatic heterocycles. The van der Waals surface area contributed by atoms with Gasteiger partial charge in [0.15, 0.2) is 5.76 Å². The van der Waals surface area contributed by atoms with Gasteiger partial charge in [-0.3, -0.25) is 24.5 Å². The molecule has 1 aliphatic carbocycles. The number of Topliss-reactive ketones (excluding diaryl/α,β-unsaturated/α-hetero) is 2. The molecule has 0 fully saturated rings. The van der Waals surface area contributed by atoms with Gasteiger partial charge in [0.2, 0.25) is 11.6 Å². The highest BCUT2D eigenvalue weighted by atomic mass is 16.3. The average molecular weight is 321 g/mol. The van der Waals surface area contributed by atoms with Crippen LogP contribution in [0.5, 0.6) is 0 Å². The molecule has 6 heteroatoms. The summed E-state index contributed by atoms with van der Waals surface area (Å²) in [5.41, 5.74) is 0.881. The molecule has 2 heterocycles. The van der Waals surface area contributed by atoms with Gasteiger partial charge < -0.3 is 5.11 Å². The highest BCUT2D eigenvalue weighted by Gasteiger charge is 2.36. The van der Waals surface area contributed by atoms with Gasteiger partial charge in [-0.2, -0.15) is 0 Å². The van der Waals surface area contributed by atoms with Gasteiger partial charge in [-0.15, -0.1) is 0 Å². The predicted molar refractivity (Wildman–Crippen MR) is 88.5 cm³/mol. The molecular formula is C18H15N3O3. The number of nitrogens with zero attached hydrogens (tertiary/aromatic N) is 3. The Morgan fingerprint density at radius 2 is 1.96 bits per heavy atom. The number of aliphatic imine (C=N–C) groups is 1. The van der Waals surface area contributed by atoms with Crippen LogP contribution in [-0.2, 0) is 0 Å². The first-order valence-corrected chi connectivity index (χ1v) is 7.58. The number of pyridine rings is 2. The summed E-state index contributed by atoms with van der Waals surface area (Å²) in [6, 6.07) is 6.55. The van der Waals surface area contributed by atoms with Crippen LogP contribution in [0.3, 0.4) is 0 Å². The molecule has 0 saturated heterocycles. The quantitative estimate of drug-likeness (QED) is 0.874. The number of aliphatic hydroxyl groups excluding tert-OH is 1. The number of carbonyl (C=O) groups is 2. The molecule has 0 aromatic carbocycles. The molecule has 0 amide bonds. The zero-order chi connectivity index (χ0) is 17.1. The molecule has 120 valence electrons. The number of hydrogen-bond acceptors (Lipinski definition) is 6. The zero-order valence-corrected chi connectivity index (χ0v) is 13.1. The Hall–Kier alpha value is -3.15. The summed E-state index contributed by atoms with van der Waals surface area (Å²) in [6.45, 7) is 2.41. The van der Waals surface area contributed by atoms with Crippen LogP contribution in [0.25, 0.3) is 0 Å². The molecule has 6 nitrogen and oxygen atoms in total. The van der Waals surface area contributed by atoms with Crippen molar-refractivity contribution in [2.75, 3.05) is 6.54 Å². The van der Waals surface area contributed by atoms with Gasteiger partial charge in [0.05, 0.1) is 16.8 Å². The van der Waals surface area contributed by atoms with E-state index in [9.17, 15) is 14.7 Å². The van der Waals surface area contributed by atoms with Crippen molar-refractivity contribution in [1.82, 2.24) is 9.97 Å². The summed E-state index contributed by atoms with van der Waals surface area (Å²) in [6.07, 6.45) is 5.32. The van der Waals surface area contributed by atoms with Crippen molar-refractivity contribution in [3.05, 3.63) is 71.0 Å². The van der Waals surface area contributed by atoms with Crippen LogP contribution >= 0.6 is 0 Å². The lowest BCUT2D eigenvalue weighted by Crippen LogP contribution is -2.28. The molecule has 0 atom stereocenters. The highest BCUT2D eigenvalue weighted by molar-refractivity contribution is 6.39. The molecule has 24 heavy (non-hydrogen) atoms. The molecule has 0 bridgehead atoms. The van der Waals surface area contributed by atoms with E-state index in [1.54, 1.807) is 30.6 Å². The summed E-state index contributed by atoms with van der Waals surface area (Å²) in [7, 11) is 0. The zero-order valence-electron chi connectivity index (χ0n) is 13.1. The smallest absolute Gasteiger partial charge is 0.247 e. The summed E-state index contributed by atoms with van der Waals surface area (Å²) in [4.78, 5) is 37.6. The van der Waals surface area contributed by atoms with Gasteiger partial charge in [-0.25, -0.2) is 0 Å². The number of carbonyl (C=O) groups excluding carboxylic acids is 2. The number of rotatable bonds is 4. The number of ketones is 2. The third-order valence-corrected chi connectivity index (χ3v) is 3.61. The van der Waals surface area contributed by atoms with E-state index in [4.69, 9.17) is 0 Å². The van der Waals surface area contributed by atoms with E-state index >= 15 is 0 Å². The van der Waals surface area contributed by atoms with Crippen molar-refractivity contribution < 1.29 is 14.7 Å². The summed E-state index contributed by atoms with van der Waals surface area (Å²) < 4.78 is 0. The van der Waals surface area contributed by atoms with E-state index in [2.05, 4.69) is 15.0 Å². The maximum Gasteiger partial charge on any atom is 0.247 e. The lowest BCUT2D eigenvalue weighted by Gasteiger charge is -2.18. The van der Waals surface area contributed by atoms with E-state index in [1.165, 1.54) is 12.3 Å². The monoisotopic (exact) mass is 321 g/mol. The minimum absolute atomic E-state index is 0.0372. The van der Waals surface area contributed by atoms with Crippen molar-refractivity contribution in [2.45, 2.75) is 13.3 Å². The number of allylic oxidation sites excluding steroid dienone is 2. The molecule has 0 aliphatic heterocycles. The molecule has 0 spiro atoms. The Bertz CT molecular complexity index is 870. The molecule has 0 unspecified atom stereocenters. The van der Waals surface area contributed by atoms with Crippen LogP contribution in [0.2, 0.25) is 0 Å². The second kappa shape index (κ2) is 6.54. The minimum Gasteiger partial charge on any atom is -0.503 e. The lowest BCUT2D eigenvalue weighted by atomic mass is 9.87. The van der Waals surface area contributed by atoms with E-state index in [-0.39, 0.29) is 22.5 Å². The van der Waals surface area contributed by atoms with Crippen molar-refractivity contribution in [1.29, 1.82) is 0 Å². The topological polar surface area (TPSA) is 92.5 Å². The van der Waals surface area contributed by atoms with Crippen LogP contribution in [-0.4, -0.2) is 38.9 Å². The molecule has 2 aromatic rings. The normalized spacial score (nSPS) is 14.8. The predicted octanol–water partition coefficient (Wildman–Crippen LogP) is 2.57. The first kappa shape index (κ1) is 15.7. The number of aliphatic hydroxyl groups is 1. The summed E-state index contributed by atoms with van der Waals surface area (Å²) in [5.74, 6) is -1.76. The minimum atomic E-state index is -0.673. The van der Waals surface area contributed by atoms with Crippen molar-refractivity contribution in [2.24, 2.45) is 4.99 Å². The molecular weight excluding hydrogens is 306 g/mol. The first-order valence-electron chi connectivity index (χ1n) is 7.58. The van der Waals surface area contributed by atoms with Gasteiger partial charge in [-0.05, 0) is 30.7 Å². The standard InChI is InChI=1S/C18H15N3O3/c1-2-7-20-14(11-5-3-8-19-10-11)13-16(22)12-6-4-9-21-15(12)18(24)17(13)23/h3-6,8-10,23H,2,7H2,1H3. The second-order valence-electron chi connectivity index (χ2n) is 5.25. The Balaban J connectivity index is 2.20. The maximum atomic E-state index is 12.8. The summed E-state index contributed by atoms with van der Waals surface area (Å²) in [5, 5.41) is 10.4. The van der Waals surface area contributed by atoms with Crippen molar-refractivity contribution in [3.8, 4) is 0 Å². The van der Waals surface area contributed by atoms with Gasteiger partial charge in [0.1, 0.15) is 5.69 Å². The van der Waals surface area contributed by atoms with E-state index in [0.717, 1.165) is 6.42 Å². The van der Waals surface area contributed by atoms with Crippen molar-refractivity contribution in [3.63, 3.8) is 0 Å². The Morgan fingerprint density at radius 3 is 2.67 bits per heavy atom. The van der Waals surface area contributed by atoms with Crippen LogP contribution < -0.4 is 0 Å². The van der Waals surface area contributed by atoms with Gasteiger partial charge in [-0.1, -0.05) is 6.92 Å². The summed E-state index contributed by atoms with van der Waals surface area (Å²) >= 11 is 0. The number of aromatic nitrogens is 2. The average Bonchev–Trinajstić information content (AvgIpc) is 2.63. The SMILES string of the molecule is CCCN=C(C1=C(O)C(=O)c2ncccc2C1=O)c1cccnc1. The fourth-order valence-electron chi connectivity index (χ4n) is 2.50. The Morgan fingerprint density at radius 1 is 1.17 bits per heavy atom. The number of hydrogen-bond donors (Lipinski definition) is 1.